The first-order valence-corrected chi connectivity index (χ1v) is 4.53. The third-order valence-electron chi connectivity index (χ3n) is 2.08. The van der Waals surface area contributed by atoms with Crippen LogP contribution in [0.3, 0.4) is 0 Å². The van der Waals surface area contributed by atoms with Crippen molar-refractivity contribution >= 4 is 17.3 Å². The highest BCUT2D eigenvalue weighted by Gasteiger charge is 2.27. The molecule has 0 radical (unpaired) electrons. The Morgan fingerprint density at radius 3 is 1.69 bits per heavy atom. The third-order valence-corrected chi connectivity index (χ3v) is 2.08. The highest BCUT2D eigenvalue weighted by atomic mass is 16.2. The van der Waals surface area contributed by atoms with Crippen molar-refractivity contribution in [2.75, 3.05) is 0 Å². The Morgan fingerprint density at radius 1 is 1.31 bits per heavy atom. The quantitative estimate of drug-likeness (QED) is 0.581. The molecule has 13 heavy (non-hydrogen) atoms. The Kier molecular flexibility index (Phi) is 5.19. The van der Waals surface area contributed by atoms with Gasteiger partial charge in [-0.3, -0.25) is 9.59 Å². The molecule has 1 aliphatic rings. The lowest BCUT2D eigenvalue weighted by Gasteiger charge is -1.90. The molecule has 0 heterocycles. The highest BCUT2D eigenvalue weighted by Crippen LogP contribution is 2.15. The van der Waals surface area contributed by atoms with Crippen molar-refractivity contribution in [3.63, 3.8) is 0 Å². The maximum absolute atomic E-state index is 10.6. The van der Waals surface area contributed by atoms with Crippen LogP contribution in [0.15, 0.2) is 0 Å². The van der Waals surface area contributed by atoms with Gasteiger partial charge in [0.1, 0.15) is 17.3 Å². The van der Waals surface area contributed by atoms with Crippen LogP contribution in [-0.2, 0) is 14.4 Å². The van der Waals surface area contributed by atoms with Gasteiger partial charge in [0.05, 0.1) is 5.92 Å². The molecule has 0 aromatic rings. The lowest BCUT2D eigenvalue weighted by molar-refractivity contribution is -0.126. The number of rotatable bonds is 1. The summed E-state index contributed by atoms with van der Waals surface area (Å²) in [6.45, 7) is 5.11. The van der Waals surface area contributed by atoms with Gasteiger partial charge in [-0.15, -0.1) is 0 Å². The van der Waals surface area contributed by atoms with Gasteiger partial charge >= 0.3 is 0 Å². The van der Waals surface area contributed by atoms with Gasteiger partial charge in [-0.05, 0) is 13.8 Å². The zero-order valence-corrected chi connectivity index (χ0v) is 8.42. The van der Waals surface area contributed by atoms with E-state index in [0.29, 0.717) is 19.3 Å². The highest BCUT2D eigenvalue weighted by molar-refractivity contribution is 6.08. The molecule has 1 rings (SSSR count). The van der Waals surface area contributed by atoms with E-state index in [0.717, 1.165) is 0 Å². The minimum absolute atomic E-state index is 0.106. The van der Waals surface area contributed by atoms with Crippen molar-refractivity contribution in [1.29, 1.82) is 0 Å². The van der Waals surface area contributed by atoms with Gasteiger partial charge in [-0.1, -0.05) is 6.92 Å². The second kappa shape index (κ2) is 5.62. The average Bonchev–Trinajstić information content (AvgIpc) is 2.37. The molecule has 0 amide bonds. The average molecular weight is 184 g/mol. The summed E-state index contributed by atoms with van der Waals surface area (Å²) in [6.07, 6.45) is 1.61. The second-order valence-corrected chi connectivity index (χ2v) is 3.21. The number of hydrogen-bond donors (Lipinski definition) is 0. The summed E-state index contributed by atoms with van der Waals surface area (Å²) in [5.41, 5.74) is 0. The standard InChI is InChI=1S/C6H8O2.C4H8O/c1-4-5(7)2-3-6(4)8;1-3-4(2)5/h4H,2-3H2,1H3;3H2,1-2H3. The summed E-state index contributed by atoms with van der Waals surface area (Å²) >= 11 is 0. The largest absolute Gasteiger partial charge is 0.300 e. The molecule has 0 bridgehead atoms. The van der Waals surface area contributed by atoms with Gasteiger partial charge in [0, 0.05) is 19.3 Å². The van der Waals surface area contributed by atoms with Crippen LogP contribution in [0.1, 0.15) is 40.0 Å². The smallest absolute Gasteiger partial charge is 0.143 e. The Labute approximate surface area is 78.5 Å². The lowest BCUT2D eigenvalue weighted by Crippen LogP contribution is -2.08. The first-order valence-electron chi connectivity index (χ1n) is 4.53. The van der Waals surface area contributed by atoms with Crippen LogP contribution in [0.5, 0.6) is 0 Å². The summed E-state index contributed by atoms with van der Waals surface area (Å²) in [5.74, 6) is 0.171. The lowest BCUT2D eigenvalue weighted by atomic mass is 10.1. The predicted molar refractivity (Wildman–Crippen MR) is 49.4 cm³/mol. The van der Waals surface area contributed by atoms with E-state index in [1.165, 1.54) is 0 Å². The fraction of sp³-hybridized carbons (Fsp3) is 0.700. The number of carbonyl (C=O) groups excluding carboxylic acids is 3. The monoisotopic (exact) mass is 184 g/mol. The number of hydrogen-bond acceptors (Lipinski definition) is 3. The van der Waals surface area contributed by atoms with E-state index in [1.807, 2.05) is 6.92 Å². The molecule has 1 fully saturated rings. The number of carbonyl (C=O) groups is 3. The molecule has 0 spiro atoms. The molecule has 3 heteroatoms. The number of Topliss-reactive ketones (excluding diaryl/α,β-unsaturated/α-hetero) is 3. The Morgan fingerprint density at radius 2 is 1.62 bits per heavy atom. The van der Waals surface area contributed by atoms with Crippen molar-refractivity contribution in [3.05, 3.63) is 0 Å². The Balaban J connectivity index is 0.000000252. The molecule has 0 saturated heterocycles. The third kappa shape index (κ3) is 4.55. The van der Waals surface area contributed by atoms with Crippen molar-refractivity contribution in [2.24, 2.45) is 5.92 Å². The molecule has 1 aliphatic carbocycles. The fourth-order valence-corrected chi connectivity index (χ4v) is 0.859. The number of ketones is 3. The maximum Gasteiger partial charge on any atom is 0.143 e. The van der Waals surface area contributed by atoms with Crippen LogP contribution in [0.4, 0.5) is 0 Å². The summed E-state index contributed by atoms with van der Waals surface area (Å²) in [7, 11) is 0. The van der Waals surface area contributed by atoms with Crippen LogP contribution < -0.4 is 0 Å². The van der Waals surface area contributed by atoms with Crippen LogP contribution in [-0.4, -0.2) is 17.3 Å². The molecule has 0 N–H and O–H groups in total. The maximum atomic E-state index is 10.6. The van der Waals surface area contributed by atoms with E-state index in [-0.39, 0.29) is 23.3 Å². The van der Waals surface area contributed by atoms with E-state index in [9.17, 15) is 14.4 Å². The van der Waals surface area contributed by atoms with E-state index in [1.54, 1.807) is 13.8 Å². The predicted octanol–water partition coefficient (Wildman–Crippen LogP) is 1.54. The molecule has 1 saturated carbocycles. The molecular formula is C10H16O3. The summed E-state index contributed by atoms with van der Waals surface area (Å²) in [5, 5.41) is 0. The van der Waals surface area contributed by atoms with Gasteiger partial charge in [0.15, 0.2) is 0 Å². The Hall–Kier alpha value is -0.990. The van der Waals surface area contributed by atoms with E-state index in [2.05, 4.69) is 0 Å². The zero-order chi connectivity index (χ0) is 10.4. The summed E-state index contributed by atoms with van der Waals surface area (Å²) < 4.78 is 0. The topological polar surface area (TPSA) is 51.2 Å². The van der Waals surface area contributed by atoms with Crippen LogP contribution in [0, 0.1) is 5.92 Å². The zero-order valence-electron chi connectivity index (χ0n) is 8.42. The van der Waals surface area contributed by atoms with Gasteiger partial charge in [-0.25, -0.2) is 0 Å². The molecule has 74 valence electrons. The van der Waals surface area contributed by atoms with E-state index in [4.69, 9.17) is 0 Å². The molecule has 0 atom stereocenters. The van der Waals surface area contributed by atoms with Gasteiger partial charge in [0.25, 0.3) is 0 Å². The molecule has 0 aromatic heterocycles. The first-order chi connectivity index (χ1) is 5.99. The summed E-state index contributed by atoms with van der Waals surface area (Å²) in [4.78, 5) is 30.9. The SMILES string of the molecule is CC1C(=O)CCC1=O.CCC(C)=O. The normalized spacial score (nSPS) is 16.8. The molecule has 0 aromatic carbocycles. The minimum atomic E-state index is -0.296. The van der Waals surface area contributed by atoms with Gasteiger partial charge in [0.2, 0.25) is 0 Å². The van der Waals surface area contributed by atoms with Crippen molar-refractivity contribution in [2.45, 2.75) is 40.0 Å². The van der Waals surface area contributed by atoms with Crippen LogP contribution in [0.2, 0.25) is 0 Å². The van der Waals surface area contributed by atoms with E-state index >= 15 is 0 Å². The summed E-state index contributed by atoms with van der Waals surface area (Å²) in [6, 6.07) is 0. The van der Waals surface area contributed by atoms with E-state index < -0.39 is 0 Å². The molecule has 3 nitrogen and oxygen atoms in total. The van der Waals surface area contributed by atoms with Crippen molar-refractivity contribution < 1.29 is 14.4 Å². The second-order valence-electron chi connectivity index (χ2n) is 3.21. The van der Waals surface area contributed by atoms with Gasteiger partial charge in [-0.2, -0.15) is 0 Å². The van der Waals surface area contributed by atoms with Gasteiger partial charge < -0.3 is 4.79 Å². The molecule has 0 aliphatic heterocycles. The fourth-order valence-electron chi connectivity index (χ4n) is 0.859. The molecule has 0 unspecified atom stereocenters. The van der Waals surface area contributed by atoms with Crippen molar-refractivity contribution in [1.82, 2.24) is 0 Å². The Bertz CT molecular complexity index is 202. The minimum Gasteiger partial charge on any atom is -0.300 e. The first kappa shape index (κ1) is 12.0. The van der Waals surface area contributed by atoms with Crippen LogP contribution in [0.25, 0.3) is 0 Å². The van der Waals surface area contributed by atoms with Crippen LogP contribution >= 0.6 is 0 Å². The molecular weight excluding hydrogens is 168 g/mol. The van der Waals surface area contributed by atoms with Crippen molar-refractivity contribution in [3.8, 4) is 0 Å².